The molecule has 1 amide bonds. The molecular formula is C12H23ClN2O. The summed E-state index contributed by atoms with van der Waals surface area (Å²) in [5.41, 5.74) is 5.20. The van der Waals surface area contributed by atoms with Crippen molar-refractivity contribution in [2.75, 3.05) is 6.54 Å². The van der Waals surface area contributed by atoms with Crippen molar-refractivity contribution in [2.45, 2.75) is 32.2 Å². The van der Waals surface area contributed by atoms with Gasteiger partial charge in [-0.1, -0.05) is 12.2 Å². The van der Waals surface area contributed by atoms with Crippen LogP contribution in [0.25, 0.3) is 0 Å². The van der Waals surface area contributed by atoms with Gasteiger partial charge in [-0.25, -0.2) is 0 Å². The van der Waals surface area contributed by atoms with Gasteiger partial charge in [0, 0.05) is 18.0 Å². The molecule has 16 heavy (non-hydrogen) atoms. The van der Waals surface area contributed by atoms with Gasteiger partial charge in [-0.3, -0.25) is 4.79 Å². The lowest BCUT2D eigenvalue weighted by molar-refractivity contribution is -0.126. The summed E-state index contributed by atoms with van der Waals surface area (Å²) in [6, 6.07) is 0. The molecule has 0 bridgehead atoms. The summed E-state index contributed by atoms with van der Waals surface area (Å²) in [7, 11) is 0. The second-order valence-corrected chi connectivity index (χ2v) is 4.32. The molecule has 0 aliphatic carbocycles. The zero-order chi connectivity index (χ0) is 11.9. The van der Waals surface area contributed by atoms with Crippen LogP contribution >= 0.6 is 12.4 Å². The monoisotopic (exact) mass is 246 g/mol. The summed E-state index contributed by atoms with van der Waals surface area (Å²) >= 11 is 0. The fraction of sp³-hybridized carbons (Fsp3) is 0.583. The highest BCUT2D eigenvalue weighted by Gasteiger charge is 2.23. The van der Waals surface area contributed by atoms with Crippen LogP contribution in [0.2, 0.25) is 0 Å². The van der Waals surface area contributed by atoms with Crippen LogP contribution in [0.4, 0.5) is 0 Å². The number of carbonyl (C=O) groups excluding carboxylic acids is 1. The van der Waals surface area contributed by atoms with Crippen LogP contribution < -0.4 is 11.1 Å². The number of hydrogen-bond acceptors (Lipinski definition) is 2. The maximum Gasteiger partial charge on any atom is 0.224 e. The third-order valence-electron chi connectivity index (χ3n) is 2.25. The molecule has 0 saturated carbocycles. The van der Waals surface area contributed by atoms with Crippen molar-refractivity contribution in [3.05, 3.63) is 25.3 Å². The Morgan fingerprint density at radius 2 is 1.81 bits per heavy atom. The van der Waals surface area contributed by atoms with E-state index < -0.39 is 0 Å². The number of nitrogens with two attached hydrogens (primary N) is 1. The number of nitrogens with one attached hydrogen (secondary N) is 1. The van der Waals surface area contributed by atoms with Crippen molar-refractivity contribution in [1.29, 1.82) is 0 Å². The first-order valence-electron chi connectivity index (χ1n) is 5.20. The van der Waals surface area contributed by atoms with E-state index in [2.05, 4.69) is 18.5 Å². The molecule has 0 saturated heterocycles. The molecular weight excluding hydrogens is 224 g/mol. The van der Waals surface area contributed by atoms with E-state index in [0.717, 1.165) is 0 Å². The van der Waals surface area contributed by atoms with Gasteiger partial charge in [0.15, 0.2) is 0 Å². The number of carbonyl (C=O) groups is 1. The van der Waals surface area contributed by atoms with Crippen LogP contribution in [-0.4, -0.2) is 18.0 Å². The maximum atomic E-state index is 11.8. The van der Waals surface area contributed by atoms with Crippen LogP contribution in [0.15, 0.2) is 25.3 Å². The quantitative estimate of drug-likeness (QED) is 0.676. The molecule has 0 heterocycles. The zero-order valence-corrected chi connectivity index (χ0v) is 11.0. The van der Waals surface area contributed by atoms with E-state index in [1.54, 1.807) is 12.2 Å². The molecule has 0 spiro atoms. The third kappa shape index (κ3) is 6.64. The summed E-state index contributed by atoms with van der Waals surface area (Å²) < 4.78 is 0. The van der Waals surface area contributed by atoms with E-state index in [1.807, 2.05) is 13.8 Å². The SMILES string of the molecule is C=CCC(CC=C)C(=O)NC(C)(C)CN.Cl. The fourth-order valence-corrected chi connectivity index (χ4v) is 1.20. The molecule has 0 unspecified atom stereocenters. The minimum Gasteiger partial charge on any atom is -0.350 e. The summed E-state index contributed by atoms with van der Waals surface area (Å²) in [6.45, 7) is 11.5. The first-order valence-corrected chi connectivity index (χ1v) is 5.20. The Morgan fingerprint density at radius 1 is 1.38 bits per heavy atom. The van der Waals surface area contributed by atoms with Gasteiger partial charge < -0.3 is 11.1 Å². The van der Waals surface area contributed by atoms with Crippen LogP contribution in [0, 0.1) is 5.92 Å². The molecule has 0 rings (SSSR count). The number of rotatable bonds is 7. The number of amides is 1. The highest BCUT2D eigenvalue weighted by molar-refractivity contribution is 5.85. The molecule has 4 heteroatoms. The van der Waals surface area contributed by atoms with Crippen molar-refractivity contribution in [3.63, 3.8) is 0 Å². The van der Waals surface area contributed by atoms with Crippen molar-refractivity contribution in [2.24, 2.45) is 11.7 Å². The minimum atomic E-state index is -0.350. The van der Waals surface area contributed by atoms with Gasteiger partial charge in [-0.05, 0) is 26.7 Å². The highest BCUT2D eigenvalue weighted by Crippen LogP contribution is 2.12. The Kier molecular flexibility index (Phi) is 9.19. The summed E-state index contributed by atoms with van der Waals surface area (Å²) in [5, 5.41) is 2.92. The van der Waals surface area contributed by atoms with E-state index in [4.69, 9.17) is 5.73 Å². The molecule has 3 N–H and O–H groups in total. The van der Waals surface area contributed by atoms with E-state index in [0.29, 0.717) is 19.4 Å². The Hall–Kier alpha value is -0.800. The Balaban J connectivity index is 0. The topological polar surface area (TPSA) is 55.1 Å². The van der Waals surface area contributed by atoms with Gasteiger partial charge >= 0.3 is 0 Å². The lowest BCUT2D eigenvalue weighted by Crippen LogP contribution is -2.50. The van der Waals surface area contributed by atoms with Gasteiger partial charge in [-0.15, -0.1) is 25.6 Å². The number of halogens is 1. The summed E-state index contributed by atoms with van der Waals surface area (Å²) in [4.78, 5) is 11.8. The molecule has 0 aliphatic heterocycles. The van der Waals surface area contributed by atoms with Crippen molar-refractivity contribution < 1.29 is 4.79 Å². The fourth-order valence-electron chi connectivity index (χ4n) is 1.20. The molecule has 0 radical (unpaired) electrons. The molecule has 0 aliphatic rings. The Bertz CT molecular complexity index is 229. The predicted molar refractivity (Wildman–Crippen MR) is 71.6 cm³/mol. The van der Waals surface area contributed by atoms with Gasteiger partial charge in [0.05, 0.1) is 0 Å². The normalized spacial score (nSPS) is 10.5. The van der Waals surface area contributed by atoms with Crippen molar-refractivity contribution in [1.82, 2.24) is 5.32 Å². The predicted octanol–water partition coefficient (Wildman–Crippen LogP) is 2.03. The van der Waals surface area contributed by atoms with Crippen LogP contribution in [0.1, 0.15) is 26.7 Å². The third-order valence-corrected chi connectivity index (χ3v) is 2.25. The largest absolute Gasteiger partial charge is 0.350 e. The number of allylic oxidation sites excluding steroid dienone is 2. The highest BCUT2D eigenvalue weighted by atomic mass is 35.5. The smallest absolute Gasteiger partial charge is 0.224 e. The summed E-state index contributed by atoms with van der Waals surface area (Å²) in [6.07, 6.45) is 4.84. The molecule has 0 fully saturated rings. The first kappa shape index (κ1) is 17.6. The van der Waals surface area contributed by atoms with E-state index in [1.165, 1.54) is 0 Å². The Labute approximate surface area is 105 Å². The van der Waals surface area contributed by atoms with E-state index in [-0.39, 0.29) is 29.8 Å². The molecule has 3 nitrogen and oxygen atoms in total. The van der Waals surface area contributed by atoms with Crippen LogP contribution in [0.5, 0.6) is 0 Å². The molecule has 0 aromatic rings. The van der Waals surface area contributed by atoms with Crippen molar-refractivity contribution >= 4 is 18.3 Å². The van der Waals surface area contributed by atoms with Gasteiger partial charge in [0.25, 0.3) is 0 Å². The number of hydrogen-bond donors (Lipinski definition) is 2. The average Bonchev–Trinajstić information content (AvgIpc) is 2.17. The zero-order valence-electron chi connectivity index (χ0n) is 10.2. The Morgan fingerprint density at radius 3 is 2.12 bits per heavy atom. The van der Waals surface area contributed by atoms with Gasteiger partial charge in [0.1, 0.15) is 0 Å². The van der Waals surface area contributed by atoms with E-state index >= 15 is 0 Å². The second-order valence-electron chi connectivity index (χ2n) is 4.32. The van der Waals surface area contributed by atoms with Gasteiger partial charge in [-0.2, -0.15) is 0 Å². The van der Waals surface area contributed by atoms with Crippen LogP contribution in [0.3, 0.4) is 0 Å². The maximum absolute atomic E-state index is 11.8. The molecule has 94 valence electrons. The average molecular weight is 247 g/mol. The molecule has 0 aromatic carbocycles. The second kappa shape index (κ2) is 8.36. The molecule has 0 atom stereocenters. The van der Waals surface area contributed by atoms with Gasteiger partial charge in [0.2, 0.25) is 5.91 Å². The minimum absolute atomic E-state index is 0. The standard InChI is InChI=1S/C12H22N2O.ClH/c1-5-7-10(8-6-2)11(15)14-12(3,4)9-13;/h5-6,10H,1-2,7-9,13H2,3-4H3,(H,14,15);1H. The molecule has 0 aromatic heterocycles. The lowest BCUT2D eigenvalue weighted by atomic mass is 9.97. The van der Waals surface area contributed by atoms with Crippen molar-refractivity contribution in [3.8, 4) is 0 Å². The first-order chi connectivity index (χ1) is 6.96. The van der Waals surface area contributed by atoms with E-state index in [9.17, 15) is 4.79 Å². The lowest BCUT2D eigenvalue weighted by Gasteiger charge is -2.26. The van der Waals surface area contributed by atoms with Crippen LogP contribution in [-0.2, 0) is 4.79 Å². The summed E-state index contributed by atoms with van der Waals surface area (Å²) in [5.74, 6) is -0.0592.